The number of para-hydroxylation sites is 2. The Balaban J connectivity index is 1.16. The molecular weight excluding hydrogens is 733 g/mol. The number of nitrogens with zero attached hydrogens (tertiary/aromatic N) is 2. The first kappa shape index (κ1) is 34.0. The maximum Gasteiger partial charge on any atom is 0.197 e. The van der Waals surface area contributed by atoms with Gasteiger partial charge in [-0.2, -0.15) is 0 Å². The van der Waals surface area contributed by atoms with E-state index >= 15 is 0 Å². The number of rotatable bonds is 5. The second kappa shape index (κ2) is 13.0. The number of hydrogen-bond donors (Lipinski definition) is 1. The van der Waals surface area contributed by atoms with Gasteiger partial charge in [0.1, 0.15) is 0 Å². The Bertz CT molecular complexity index is 3420. The molecule has 0 fully saturated rings. The van der Waals surface area contributed by atoms with Crippen molar-refractivity contribution >= 4 is 99.9 Å². The van der Waals surface area contributed by atoms with Gasteiger partial charge in [0.2, 0.25) is 0 Å². The van der Waals surface area contributed by atoms with Gasteiger partial charge in [-0.3, -0.25) is 0 Å². The number of thiophene rings is 1. The molecule has 8 aromatic carbocycles. The van der Waals surface area contributed by atoms with E-state index in [0.717, 1.165) is 39.5 Å². The van der Waals surface area contributed by atoms with Gasteiger partial charge >= 0.3 is 0 Å². The van der Waals surface area contributed by atoms with Crippen molar-refractivity contribution in [3.63, 3.8) is 0 Å². The van der Waals surface area contributed by atoms with Crippen LogP contribution in [0.1, 0.15) is 16.7 Å². The van der Waals surface area contributed by atoms with Crippen molar-refractivity contribution in [2.75, 3.05) is 17.3 Å². The monoisotopic (exact) mass is 770 g/mol. The summed E-state index contributed by atoms with van der Waals surface area (Å²) >= 11 is 1.87. The summed E-state index contributed by atoms with van der Waals surface area (Å²) in [5.74, 6) is 0. The van der Waals surface area contributed by atoms with Crippen LogP contribution in [0.3, 0.4) is 0 Å². The van der Waals surface area contributed by atoms with Gasteiger partial charge in [-0.05, 0) is 101 Å². The summed E-state index contributed by atoms with van der Waals surface area (Å²) in [5, 5.41) is 8.92. The maximum atomic E-state index is 4.61. The molecule has 2 aliphatic heterocycles. The Labute approximate surface area is 348 Å². The van der Waals surface area contributed by atoms with Crippen LogP contribution in [-0.2, 0) is 0 Å². The van der Waals surface area contributed by atoms with Crippen LogP contribution in [0.2, 0.25) is 0 Å². The van der Waals surface area contributed by atoms with Gasteiger partial charge in [0.25, 0.3) is 0 Å². The molecule has 277 valence electrons. The molecule has 1 radical (unpaired) electrons. The Kier molecular flexibility index (Phi) is 7.48. The van der Waals surface area contributed by atoms with Crippen LogP contribution in [-0.4, -0.2) is 18.9 Å². The molecule has 5 heteroatoms. The standard InChI is InChI=1S/C54H37BN3S/c1-32-21-24-36(25-22-32)56-45-18-10-7-15-37(45)43-29-41(35-23-26-51-42(28-35)38-16-9-12-20-50(38)59-51)52-39-17-8-11-19-46(39)58-49-31-48-40(30-44(49)55-53(43)54(52)58)33(2)27-47(57(48)3)34-13-5-4-6-14-34/h4-31,56H,2H2,1,3H3. The van der Waals surface area contributed by atoms with Gasteiger partial charge in [0, 0.05) is 77.4 Å². The van der Waals surface area contributed by atoms with E-state index in [-0.39, 0.29) is 0 Å². The lowest BCUT2D eigenvalue weighted by Crippen LogP contribution is -2.38. The molecule has 0 saturated carbocycles. The summed E-state index contributed by atoms with van der Waals surface area (Å²) < 4.78 is 5.16. The summed E-state index contributed by atoms with van der Waals surface area (Å²) in [7, 11) is 4.61. The Morgan fingerprint density at radius 3 is 2.20 bits per heavy atom. The highest BCUT2D eigenvalue weighted by atomic mass is 32.1. The number of aromatic nitrogens is 1. The molecular formula is C54H37BN3S. The lowest BCUT2D eigenvalue weighted by Gasteiger charge is -2.33. The fourth-order valence-electron chi connectivity index (χ4n) is 9.50. The average molecular weight is 771 g/mol. The lowest BCUT2D eigenvalue weighted by atomic mass is 9.58. The number of nitrogens with one attached hydrogen (secondary N) is 1. The molecule has 1 N–H and O–H groups in total. The van der Waals surface area contributed by atoms with Crippen molar-refractivity contribution in [2.45, 2.75) is 6.92 Å². The molecule has 2 aliphatic rings. The first-order valence-corrected chi connectivity index (χ1v) is 21.0. The first-order chi connectivity index (χ1) is 29.0. The number of allylic oxidation sites excluding steroid dienone is 2. The average Bonchev–Trinajstić information content (AvgIpc) is 3.83. The van der Waals surface area contributed by atoms with E-state index in [9.17, 15) is 0 Å². The van der Waals surface area contributed by atoms with Crippen molar-refractivity contribution in [2.24, 2.45) is 0 Å². The van der Waals surface area contributed by atoms with E-state index < -0.39 is 0 Å². The zero-order chi connectivity index (χ0) is 39.4. The predicted molar refractivity (Wildman–Crippen MR) is 256 cm³/mol. The molecule has 3 nitrogen and oxygen atoms in total. The first-order valence-electron chi connectivity index (χ1n) is 20.2. The molecule has 0 unspecified atom stereocenters. The van der Waals surface area contributed by atoms with Crippen LogP contribution in [0.4, 0.5) is 17.1 Å². The van der Waals surface area contributed by atoms with Crippen LogP contribution >= 0.6 is 11.3 Å². The second-order valence-corrected chi connectivity index (χ2v) is 16.9. The van der Waals surface area contributed by atoms with E-state index in [2.05, 4.69) is 212 Å². The third kappa shape index (κ3) is 5.21. The summed E-state index contributed by atoms with van der Waals surface area (Å²) in [6, 6.07) is 60.1. The van der Waals surface area contributed by atoms with E-state index in [1.165, 1.54) is 86.4 Å². The largest absolute Gasteiger partial charge is 0.355 e. The zero-order valence-electron chi connectivity index (χ0n) is 32.8. The Morgan fingerprint density at radius 1 is 0.593 bits per heavy atom. The number of benzene rings is 8. The number of anilines is 3. The highest BCUT2D eigenvalue weighted by Gasteiger charge is 2.31. The van der Waals surface area contributed by atoms with E-state index in [1.54, 1.807) is 0 Å². The molecule has 0 saturated heterocycles. The van der Waals surface area contributed by atoms with E-state index in [1.807, 2.05) is 11.3 Å². The maximum absolute atomic E-state index is 4.61. The molecule has 4 heterocycles. The van der Waals surface area contributed by atoms with Gasteiger partial charge in [-0.25, -0.2) is 0 Å². The molecule has 0 atom stereocenters. The molecule has 12 rings (SSSR count). The van der Waals surface area contributed by atoms with Crippen LogP contribution in [0, 0.1) is 6.92 Å². The summed E-state index contributed by atoms with van der Waals surface area (Å²) in [6.45, 7) is 6.74. The molecule has 0 bridgehead atoms. The van der Waals surface area contributed by atoms with Crippen LogP contribution in [0.25, 0.3) is 81.2 Å². The fraction of sp³-hybridized carbons (Fsp3) is 0.0370. The minimum absolute atomic E-state index is 1.01. The van der Waals surface area contributed by atoms with Crippen molar-refractivity contribution in [3.8, 4) is 27.9 Å². The van der Waals surface area contributed by atoms with Crippen molar-refractivity contribution in [1.29, 1.82) is 0 Å². The van der Waals surface area contributed by atoms with Crippen molar-refractivity contribution in [1.82, 2.24) is 4.57 Å². The Morgan fingerprint density at radius 2 is 1.34 bits per heavy atom. The van der Waals surface area contributed by atoms with Gasteiger partial charge in [0.15, 0.2) is 7.28 Å². The van der Waals surface area contributed by atoms with Crippen LogP contribution in [0.15, 0.2) is 176 Å². The summed E-state index contributed by atoms with van der Waals surface area (Å²) in [4.78, 5) is 2.33. The van der Waals surface area contributed by atoms with E-state index in [4.69, 9.17) is 0 Å². The molecule has 2 aromatic heterocycles. The third-order valence-electron chi connectivity index (χ3n) is 12.3. The smallest absolute Gasteiger partial charge is 0.197 e. The zero-order valence-corrected chi connectivity index (χ0v) is 33.6. The van der Waals surface area contributed by atoms with Crippen molar-refractivity contribution in [3.05, 3.63) is 193 Å². The molecule has 59 heavy (non-hydrogen) atoms. The molecule has 0 aliphatic carbocycles. The minimum Gasteiger partial charge on any atom is -0.355 e. The third-order valence-corrected chi connectivity index (χ3v) is 13.5. The van der Waals surface area contributed by atoms with Crippen molar-refractivity contribution < 1.29 is 0 Å². The number of hydrogen-bond acceptors (Lipinski definition) is 3. The highest BCUT2D eigenvalue weighted by Crippen LogP contribution is 2.46. The van der Waals surface area contributed by atoms with Crippen LogP contribution in [0.5, 0.6) is 0 Å². The number of aryl methyl sites for hydroxylation is 1. The molecule has 10 aromatic rings. The van der Waals surface area contributed by atoms with Gasteiger partial charge in [0.05, 0.1) is 11.2 Å². The number of fused-ring (bicyclic) bond motifs is 9. The highest BCUT2D eigenvalue weighted by molar-refractivity contribution is 7.25. The molecule has 0 spiro atoms. The quantitative estimate of drug-likeness (QED) is 0.176. The van der Waals surface area contributed by atoms with Gasteiger partial charge < -0.3 is 14.8 Å². The lowest BCUT2D eigenvalue weighted by molar-refractivity contribution is 1.15. The van der Waals surface area contributed by atoms with Gasteiger partial charge in [-0.15, -0.1) is 11.3 Å². The normalized spacial score (nSPS) is 13.2. The minimum atomic E-state index is 1.01. The predicted octanol–water partition coefficient (Wildman–Crippen LogP) is 13.0. The SMILES string of the molecule is C=C1C=C(c2ccccc2)N(C)c2cc3c(cc21)[B]c1c(-c2ccccc2Nc2ccc(C)cc2)cc(-c2ccc4sc5ccccc5c4c2)c2c4ccccc4n-3c12. The fourth-order valence-corrected chi connectivity index (χ4v) is 10.6. The van der Waals surface area contributed by atoms with E-state index in [0.29, 0.717) is 0 Å². The topological polar surface area (TPSA) is 20.2 Å². The van der Waals surface area contributed by atoms with Crippen LogP contribution < -0.4 is 21.1 Å². The second-order valence-electron chi connectivity index (χ2n) is 15.9. The summed E-state index contributed by atoms with van der Waals surface area (Å²) in [6.07, 6.45) is 2.22. The molecule has 0 amide bonds. The summed E-state index contributed by atoms with van der Waals surface area (Å²) in [5.41, 5.74) is 19.8. The van der Waals surface area contributed by atoms with Gasteiger partial charge in [-0.1, -0.05) is 127 Å². The Hall–Kier alpha value is -7.08.